The van der Waals surface area contributed by atoms with Crippen molar-refractivity contribution in [2.45, 2.75) is 12.4 Å². The highest BCUT2D eigenvalue weighted by Crippen LogP contribution is 2.45. The molecule has 4 heterocycles. The van der Waals surface area contributed by atoms with Gasteiger partial charge in [-0.15, -0.1) is 0 Å². The Balaban J connectivity index is 1.07. The van der Waals surface area contributed by atoms with Crippen molar-refractivity contribution in [1.82, 2.24) is 0 Å². The molecule has 2 aromatic heterocycles. The molecule has 8 nitrogen and oxygen atoms in total. The maximum Gasteiger partial charge on any atom is 0.281 e. The van der Waals surface area contributed by atoms with Gasteiger partial charge in [-0.25, -0.2) is 0 Å². The number of fused-ring (bicyclic) bond motifs is 12. The molecule has 2 aliphatic rings. The number of hydrogen-bond donors (Lipinski definition) is 0. The second kappa shape index (κ2) is 8.76. The predicted molar refractivity (Wildman–Crippen MR) is 170 cm³/mol. The van der Waals surface area contributed by atoms with Gasteiger partial charge in [-0.2, -0.15) is 0 Å². The van der Waals surface area contributed by atoms with E-state index in [9.17, 15) is 9.59 Å². The smallest absolute Gasteiger partial charge is 0.281 e. The number of ether oxygens (including phenoxy) is 4. The highest BCUT2D eigenvalue weighted by molar-refractivity contribution is 6.10. The van der Waals surface area contributed by atoms with Gasteiger partial charge in [0, 0.05) is 0 Å². The first-order valence-corrected chi connectivity index (χ1v) is 14.6. The lowest BCUT2D eigenvalue weighted by Crippen LogP contribution is -2.44. The summed E-state index contributed by atoms with van der Waals surface area (Å²) in [7, 11) is 0. The summed E-state index contributed by atoms with van der Waals surface area (Å²) in [6, 6.07) is 29.7. The fraction of sp³-hybridized carbons (Fsp3) is 0.0811. The fourth-order valence-corrected chi connectivity index (χ4v) is 6.64. The fourth-order valence-electron chi connectivity index (χ4n) is 6.64. The minimum Gasteiger partial charge on any atom is -0.485 e. The summed E-state index contributed by atoms with van der Waals surface area (Å²) in [5.41, 5.74) is 1.26. The summed E-state index contributed by atoms with van der Waals surface area (Å²) >= 11 is 0. The zero-order valence-electron chi connectivity index (χ0n) is 23.4. The van der Waals surface area contributed by atoms with Gasteiger partial charge in [0.25, 0.3) is 6.29 Å². The molecule has 216 valence electrons. The highest BCUT2D eigenvalue weighted by atomic mass is 16.7. The first-order valence-electron chi connectivity index (χ1n) is 14.6. The molecule has 0 radical (unpaired) electrons. The van der Waals surface area contributed by atoms with Gasteiger partial charge in [-0.3, -0.25) is 9.59 Å². The van der Waals surface area contributed by atoms with E-state index in [0.717, 1.165) is 21.5 Å². The predicted octanol–water partition coefficient (Wildman–Crippen LogP) is 7.45. The van der Waals surface area contributed by atoms with Crippen molar-refractivity contribution in [1.29, 1.82) is 0 Å². The molecule has 8 heteroatoms. The lowest BCUT2D eigenvalue weighted by atomic mass is 10.0. The third-order valence-electron chi connectivity index (χ3n) is 8.75. The SMILES string of the molecule is O=c1c2ccc3c(c2oc2ccc4ccccc4c12)OC(C1COc2ccc4oc5ccc6ccccc6c5c(=O)c4c2O1)O3. The molecule has 45 heavy (non-hydrogen) atoms. The Morgan fingerprint density at radius 2 is 1.16 bits per heavy atom. The van der Waals surface area contributed by atoms with Crippen LogP contribution in [0.2, 0.25) is 0 Å². The average molecular weight is 593 g/mol. The van der Waals surface area contributed by atoms with Crippen molar-refractivity contribution >= 4 is 65.4 Å². The van der Waals surface area contributed by atoms with Gasteiger partial charge in [0.2, 0.25) is 22.7 Å². The van der Waals surface area contributed by atoms with E-state index in [-0.39, 0.29) is 28.6 Å². The van der Waals surface area contributed by atoms with E-state index in [1.807, 2.05) is 66.7 Å². The maximum absolute atomic E-state index is 14.0. The average Bonchev–Trinajstić information content (AvgIpc) is 3.53. The summed E-state index contributed by atoms with van der Waals surface area (Å²) < 4.78 is 37.4. The molecule has 0 saturated carbocycles. The first-order chi connectivity index (χ1) is 22.1. The van der Waals surface area contributed by atoms with Crippen LogP contribution in [0.5, 0.6) is 23.0 Å². The molecular weight excluding hydrogens is 572 g/mol. The Morgan fingerprint density at radius 1 is 0.511 bits per heavy atom. The summed E-state index contributed by atoms with van der Waals surface area (Å²) in [6.07, 6.45) is -1.68. The van der Waals surface area contributed by atoms with E-state index >= 15 is 0 Å². The van der Waals surface area contributed by atoms with E-state index in [4.69, 9.17) is 27.8 Å². The van der Waals surface area contributed by atoms with Gasteiger partial charge in [0.05, 0.1) is 16.2 Å². The molecule has 2 atom stereocenters. The Morgan fingerprint density at radius 3 is 1.93 bits per heavy atom. The maximum atomic E-state index is 14.0. The number of benzene rings is 6. The van der Waals surface area contributed by atoms with Gasteiger partial charge in [0.1, 0.15) is 28.7 Å². The van der Waals surface area contributed by atoms with Crippen LogP contribution in [-0.4, -0.2) is 19.0 Å². The van der Waals surface area contributed by atoms with Crippen LogP contribution >= 0.6 is 0 Å². The molecule has 0 saturated heterocycles. The van der Waals surface area contributed by atoms with Gasteiger partial charge in [0.15, 0.2) is 22.8 Å². The minimum absolute atomic E-state index is 0.107. The Labute approximate surface area is 252 Å². The quantitative estimate of drug-likeness (QED) is 0.143. The molecule has 0 bridgehead atoms. The molecular formula is C37H20O8. The molecule has 2 aliphatic heterocycles. The van der Waals surface area contributed by atoms with E-state index in [1.165, 1.54) is 0 Å². The van der Waals surface area contributed by atoms with E-state index in [0.29, 0.717) is 55.7 Å². The Bertz CT molecular complexity index is 2700. The van der Waals surface area contributed by atoms with Crippen molar-refractivity contribution in [2.24, 2.45) is 0 Å². The molecule has 2 unspecified atom stereocenters. The van der Waals surface area contributed by atoms with Gasteiger partial charge < -0.3 is 27.8 Å². The van der Waals surface area contributed by atoms with Crippen LogP contribution in [0.25, 0.3) is 65.4 Å². The normalized spacial score (nSPS) is 17.2. The second-order valence-electron chi connectivity index (χ2n) is 11.3. The van der Waals surface area contributed by atoms with Gasteiger partial charge in [-0.1, -0.05) is 60.7 Å². The van der Waals surface area contributed by atoms with Crippen LogP contribution in [-0.2, 0) is 0 Å². The van der Waals surface area contributed by atoms with Crippen LogP contribution in [0.1, 0.15) is 0 Å². The molecule has 0 aliphatic carbocycles. The van der Waals surface area contributed by atoms with Crippen LogP contribution in [0, 0.1) is 0 Å². The van der Waals surface area contributed by atoms with Crippen molar-refractivity contribution < 1.29 is 27.8 Å². The monoisotopic (exact) mass is 592 g/mol. The molecule has 0 N–H and O–H groups in total. The summed E-state index contributed by atoms with van der Waals surface area (Å²) in [6.45, 7) is 0.107. The van der Waals surface area contributed by atoms with Crippen LogP contribution in [0.15, 0.2) is 115 Å². The van der Waals surface area contributed by atoms with Crippen LogP contribution in [0.4, 0.5) is 0 Å². The van der Waals surface area contributed by atoms with Crippen LogP contribution in [0.3, 0.4) is 0 Å². The van der Waals surface area contributed by atoms with E-state index in [1.54, 1.807) is 30.3 Å². The Hall–Kier alpha value is -6.02. The van der Waals surface area contributed by atoms with Crippen molar-refractivity contribution in [2.75, 3.05) is 6.61 Å². The molecule has 0 fully saturated rings. The van der Waals surface area contributed by atoms with Gasteiger partial charge >= 0.3 is 0 Å². The van der Waals surface area contributed by atoms with Crippen molar-refractivity contribution in [3.05, 3.63) is 118 Å². The zero-order valence-corrected chi connectivity index (χ0v) is 23.4. The molecule has 6 aromatic carbocycles. The Kier molecular flexibility index (Phi) is 4.76. The molecule has 0 spiro atoms. The molecule has 10 rings (SSSR count). The second-order valence-corrected chi connectivity index (χ2v) is 11.3. The minimum atomic E-state index is -0.931. The largest absolute Gasteiger partial charge is 0.485 e. The van der Waals surface area contributed by atoms with Crippen LogP contribution < -0.4 is 29.8 Å². The zero-order chi connectivity index (χ0) is 29.8. The standard InChI is InChI=1S/C37H20O8/c38-32-22-11-14-27-36(34(22)42-24-13-10-18-5-1-3-7-20(18)29(24)32)45-37(44-27)28-17-40-26-16-15-25-31(35(26)43-28)33(39)30-21-8-4-2-6-19(21)9-12-23(30)41-25/h1-16,28,37H,17H2. The number of rotatable bonds is 1. The third-order valence-corrected chi connectivity index (χ3v) is 8.75. The van der Waals surface area contributed by atoms with Gasteiger partial charge in [-0.05, 0) is 57.9 Å². The first kappa shape index (κ1) is 24.4. The lowest BCUT2D eigenvalue weighted by molar-refractivity contribution is -0.0726. The number of hydrogen-bond acceptors (Lipinski definition) is 8. The summed E-state index contributed by atoms with van der Waals surface area (Å²) in [4.78, 5) is 27.8. The van der Waals surface area contributed by atoms with E-state index in [2.05, 4.69) is 0 Å². The topological polar surface area (TPSA) is 97.3 Å². The van der Waals surface area contributed by atoms with Crippen molar-refractivity contribution in [3.8, 4) is 23.0 Å². The molecule has 8 aromatic rings. The van der Waals surface area contributed by atoms with E-state index < -0.39 is 12.4 Å². The third kappa shape index (κ3) is 3.36. The lowest BCUT2D eigenvalue weighted by Gasteiger charge is -2.29. The summed E-state index contributed by atoms with van der Waals surface area (Å²) in [5.74, 6) is 1.43. The summed E-state index contributed by atoms with van der Waals surface area (Å²) in [5, 5.41) is 5.16. The highest BCUT2D eigenvalue weighted by Gasteiger charge is 2.40. The van der Waals surface area contributed by atoms with Crippen molar-refractivity contribution in [3.63, 3.8) is 0 Å². The molecule has 0 amide bonds.